The summed E-state index contributed by atoms with van der Waals surface area (Å²) in [4.78, 5) is 21.3. The predicted molar refractivity (Wildman–Crippen MR) is 122 cm³/mol. The molecule has 0 aliphatic rings. The molecule has 4 rings (SSSR count). The summed E-state index contributed by atoms with van der Waals surface area (Å²) in [6.45, 7) is 5.36. The second-order valence-corrected chi connectivity index (χ2v) is 8.52. The second-order valence-electron chi connectivity index (χ2n) is 8.11. The van der Waals surface area contributed by atoms with E-state index in [2.05, 4.69) is 15.3 Å². The Balaban J connectivity index is 1.84. The Hall–Kier alpha value is -3.78. The van der Waals surface area contributed by atoms with E-state index in [1.807, 2.05) is 6.07 Å². The molecule has 4 aromatic rings. The highest BCUT2D eigenvalue weighted by molar-refractivity contribution is 6.32. The van der Waals surface area contributed by atoms with Gasteiger partial charge in [-0.2, -0.15) is 0 Å². The number of aromatic nitrogens is 3. The number of carbonyl (C=O) groups is 1. The van der Waals surface area contributed by atoms with Gasteiger partial charge in [0.15, 0.2) is 11.5 Å². The van der Waals surface area contributed by atoms with Gasteiger partial charge < -0.3 is 14.9 Å². The number of halogens is 1. The van der Waals surface area contributed by atoms with Crippen LogP contribution in [0, 0.1) is 0 Å². The van der Waals surface area contributed by atoms with Crippen LogP contribution < -0.4 is 5.32 Å². The molecule has 1 amide bonds. The summed E-state index contributed by atoms with van der Waals surface area (Å²) in [5.74, 6) is -0.0590. The lowest BCUT2D eigenvalue weighted by Gasteiger charge is -2.20. The minimum Gasteiger partial charge on any atom is -0.507 e. The van der Waals surface area contributed by atoms with Crippen LogP contribution in [0.25, 0.3) is 28.2 Å². The molecule has 0 saturated heterocycles. The molecule has 3 N–H and O–H groups in total. The van der Waals surface area contributed by atoms with Gasteiger partial charge in [-0.1, -0.05) is 17.7 Å². The Bertz CT molecular complexity index is 1330. The van der Waals surface area contributed by atoms with Gasteiger partial charge in [-0.05, 0) is 57.2 Å². The van der Waals surface area contributed by atoms with Crippen molar-refractivity contribution in [1.29, 1.82) is 0 Å². The molecule has 8 nitrogen and oxygen atoms in total. The number of phenols is 2. The first-order valence-corrected chi connectivity index (χ1v) is 10.2. The molecule has 164 valence electrons. The molecule has 0 bridgehead atoms. The Morgan fingerprint density at radius 3 is 2.62 bits per heavy atom. The normalized spacial score (nSPS) is 11.5. The quantitative estimate of drug-likeness (QED) is 0.378. The number of pyridine rings is 1. The number of aromatic hydroxyl groups is 2. The Kier molecular flexibility index (Phi) is 5.40. The van der Waals surface area contributed by atoms with Crippen LogP contribution in [0.2, 0.25) is 5.02 Å². The van der Waals surface area contributed by atoms with Crippen molar-refractivity contribution in [2.75, 3.05) is 5.32 Å². The van der Waals surface area contributed by atoms with Crippen LogP contribution >= 0.6 is 11.6 Å². The Labute approximate surface area is 189 Å². The molecule has 2 aromatic heterocycles. The maximum atomic E-state index is 12.2. The first-order chi connectivity index (χ1) is 15.1. The van der Waals surface area contributed by atoms with Gasteiger partial charge in [-0.15, -0.1) is 0 Å². The molecule has 0 aliphatic carbocycles. The summed E-state index contributed by atoms with van der Waals surface area (Å²) in [7, 11) is 0. The number of nitrogens with one attached hydrogen (secondary N) is 1. The zero-order chi connectivity index (χ0) is 23.0. The maximum Gasteiger partial charge on any atom is 0.412 e. The van der Waals surface area contributed by atoms with E-state index in [0.717, 1.165) is 6.07 Å². The number of imidazole rings is 1. The van der Waals surface area contributed by atoms with Gasteiger partial charge in [0.2, 0.25) is 0 Å². The van der Waals surface area contributed by atoms with Crippen LogP contribution in [0.15, 0.2) is 54.7 Å². The van der Waals surface area contributed by atoms with Crippen LogP contribution in [-0.4, -0.2) is 36.4 Å². The van der Waals surface area contributed by atoms with Crippen molar-refractivity contribution in [3.8, 4) is 28.6 Å². The van der Waals surface area contributed by atoms with Crippen molar-refractivity contribution in [3.63, 3.8) is 0 Å². The maximum absolute atomic E-state index is 12.2. The number of carbonyl (C=O) groups excluding carboxylic acids is 1. The molecular weight excluding hydrogens is 432 g/mol. The number of hydrogen-bond donors (Lipinski definition) is 3. The number of nitrogens with zero attached hydrogens (tertiary/aromatic N) is 3. The van der Waals surface area contributed by atoms with E-state index in [4.69, 9.17) is 16.3 Å². The molecule has 0 saturated carbocycles. The average molecular weight is 453 g/mol. The third-order valence-corrected chi connectivity index (χ3v) is 4.77. The minimum absolute atomic E-state index is 0.0738. The zero-order valence-electron chi connectivity index (χ0n) is 17.6. The number of rotatable bonds is 3. The van der Waals surface area contributed by atoms with Crippen molar-refractivity contribution in [3.05, 3.63) is 59.8 Å². The third kappa shape index (κ3) is 4.31. The highest BCUT2D eigenvalue weighted by atomic mass is 35.5. The highest BCUT2D eigenvalue weighted by Crippen LogP contribution is 2.39. The molecule has 2 aromatic carbocycles. The lowest BCUT2D eigenvalue weighted by Crippen LogP contribution is -2.27. The summed E-state index contributed by atoms with van der Waals surface area (Å²) in [6, 6.07) is 13.2. The monoisotopic (exact) mass is 452 g/mol. The van der Waals surface area contributed by atoms with Crippen molar-refractivity contribution < 1.29 is 19.7 Å². The lowest BCUT2D eigenvalue weighted by molar-refractivity contribution is 0.0636. The number of ether oxygens (including phenoxy) is 1. The fourth-order valence-corrected chi connectivity index (χ4v) is 3.38. The molecule has 2 heterocycles. The van der Waals surface area contributed by atoms with Crippen LogP contribution in [0.4, 0.5) is 10.5 Å². The largest absolute Gasteiger partial charge is 0.507 e. The van der Waals surface area contributed by atoms with Gasteiger partial charge >= 0.3 is 6.09 Å². The second kappa shape index (κ2) is 8.05. The van der Waals surface area contributed by atoms with E-state index in [1.165, 1.54) is 6.07 Å². The van der Waals surface area contributed by atoms with Gasteiger partial charge in [0.05, 0.1) is 16.3 Å². The lowest BCUT2D eigenvalue weighted by atomic mass is 10.1. The number of fused-ring (bicyclic) bond motifs is 1. The Morgan fingerprint density at radius 1 is 1.09 bits per heavy atom. The molecule has 0 spiro atoms. The minimum atomic E-state index is -0.630. The van der Waals surface area contributed by atoms with E-state index in [-0.39, 0.29) is 16.5 Å². The molecule has 0 unspecified atom stereocenters. The van der Waals surface area contributed by atoms with Gasteiger partial charge in [-0.25, -0.2) is 14.8 Å². The van der Waals surface area contributed by atoms with Crippen molar-refractivity contribution in [2.45, 2.75) is 26.4 Å². The first-order valence-electron chi connectivity index (χ1n) is 9.78. The smallest absolute Gasteiger partial charge is 0.412 e. The van der Waals surface area contributed by atoms with Gasteiger partial charge in [-0.3, -0.25) is 9.88 Å². The summed E-state index contributed by atoms with van der Waals surface area (Å²) in [5, 5.41) is 23.1. The molecule has 0 aliphatic heterocycles. The number of hydrogen-bond acceptors (Lipinski definition) is 6. The van der Waals surface area contributed by atoms with Crippen molar-refractivity contribution >= 4 is 34.5 Å². The number of anilines is 1. The summed E-state index contributed by atoms with van der Waals surface area (Å²) in [6.07, 6.45) is 1.06. The summed E-state index contributed by atoms with van der Waals surface area (Å²) in [5.41, 5.74) is 1.97. The number of amides is 1. The topological polar surface area (TPSA) is 110 Å². The van der Waals surface area contributed by atoms with Gasteiger partial charge in [0.1, 0.15) is 22.6 Å². The van der Waals surface area contributed by atoms with Crippen molar-refractivity contribution in [1.82, 2.24) is 14.5 Å². The van der Waals surface area contributed by atoms with E-state index in [1.54, 1.807) is 61.9 Å². The SMILES string of the molecule is CC(C)(C)OC(=O)Nc1cccc(-n2c(-c3cc(Cl)c(O)cc3O)nc3cccnc32)c1. The van der Waals surface area contributed by atoms with Crippen LogP contribution in [0.5, 0.6) is 11.5 Å². The van der Waals surface area contributed by atoms with Gasteiger partial charge in [0, 0.05) is 18.0 Å². The Morgan fingerprint density at radius 2 is 1.88 bits per heavy atom. The van der Waals surface area contributed by atoms with Crippen LogP contribution in [0.3, 0.4) is 0 Å². The predicted octanol–water partition coefficient (Wildman–Crippen LogP) is 5.50. The highest BCUT2D eigenvalue weighted by Gasteiger charge is 2.20. The zero-order valence-corrected chi connectivity index (χ0v) is 18.4. The van der Waals surface area contributed by atoms with Crippen LogP contribution in [0.1, 0.15) is 20.8 Å². The van der Waals surface area contributed by atoms with E-state index >= 15 is 0 Å². The number of benzene rings is 2. The molecule has 0 atom stereocenters. The molecule has 0 radical (unpaired) electrons. The number of phenolic OH excluding ortho intramolecular Hbond substituents is 2. The molecular formula is C23H21ClN4O4. The standard InChI is InChI=1S/C23H21ClN4O4/c1-23(2,3)32-22(31)26-13-6-4-7-14(10-13)28-20(27-17-8-5-9-25-21(17)28)15-11-16(24)19(30)12-18(15)29/h4-12,29-30H,1-3H3,(H,26,31). The van der Waals surface area contributed by atoms with E-state index in [9.17, 15) is 15.0 Å². The van der Waals surface area contributed by atoms with Crippen LogP contribution in [-0.2, 0) is 4.74 Å². The molecule has 0 fully saturated rings. The molecule has 9 heteroatoms. The summed E-state index contributed by atoms with van der Waals surface area (Å²) >= 11 is 6.09. The third-order valence-electron chi connectivity index (χ3n) is 4.47. The first kappa shape index (κ1) is 21.5. The fourth-order valence-electron chi connectivity index (χ4n) is 3.21. The van der Waals surface area contributed by atoms with E-state index in [0.29, 0.717) is 33.9 Å². The van der Waals surface area contributed by atoms with Gasteiger partial charge in [0.25, 0.3) is 0 Å². The molecule has 32 heavy (non-hydrogen) atoms. The van der Waals surface area contributed by atoms with Crippen molar-refractivity contribution in [2.24, 2.45) is 0 Å². The average Bonchev–Trinajstić information content (AvgIpc) is 3.08. The fraction of sp³-hybridized carbons (Fsp3) is 0.174. The summed E-state index contributed by atoms with van der Waals surface area (Å²) < 4.78 is 7.06. The van der Waals surface area contributed by atoms with E-state index < -0.39 is 11.7 Å².